The lowest BCUT2D eigenvalue weighted by Gasteiger charge is -2.10. The summed E-state index contributed by atoms with van der Waals surface area (Å²) < 4.78 is 1.81. The van der Waals surface area contributed by atoms with Crippen LogP contribution in [0.3, 0.4) is 0 Å². The minimum absolute atomic E-state index is 0.0123. The average molecular weight is 420 g/mol. The van der Waals surface area contributed by atoms with Crippen molar-refractivity contribution in [2.75, 3.05) is 5.32 Å². The molecule has 0 bridgehead atoms. The smallest absolute Gasteiger partial charge is 0.275 e. The maximum Gasteiger partial charge on any atom is 0.275 e. The van der Waals surface area contributed by atoms with E-state index < -0.39 is 4.92 Å². The molecule has 0 unspecified atom stereocenters. The molecule has 0 saturated heterocycles. The van der Waals surface area contributed by atoms with E-state index in [-0.39, 0.29) is 12.2 Å². The summed E-state index contributed by atoms with van der Waals surface area (Å²) in [5, 5.41) is 14.5. The van der Waals surface area contributed by atoms with Crippen LogP contribution in [0.4, 0.5) is 11.4 Å². The summed E-state index contributed by atoms with van der Waals surface area (Å²) in [4.78, 5) is 10.6. The predicted octanol–water partition coefficient (Wildman–Crippen LogP) is 5.39. The Bertz CT molecular complexity index is 665. The molecule has 2 aromatic carbocycles. The summed E-state index contributed by atoms with van der Waals surface area (Å²) in [6.45, 7) is 0.274. The summed E-state index contributed by atoms with van der Waals surface area (Å²) in [5.74, 6) is 0. The maximum absolute atomic E-state index is 11.0. The van der Waals surface area contributed by atoms with Crippen LogP contribution >= 0.6 is 43.5 Å². The summed E-state index contributed by atoms with van der Waals surface area (Å²) in [7, 11) is 0. The van der Waals surface area contributed by atoms with E-state index in [1.807, 2.05) is 18.2 Å². The fourth-order valence-corrected chi connectivity index (χ4v) is 3.13. The second-order valence-corrected chi connectivity index (χ2v) is 6.15. The number of nitrogens with zero attached hydrogens (tertiary/aromatic N) is 1. The zero-order valence-corrected chi connectivity index (χ0v) is 14.0. The normalized spacial score (nSPS) is 10.3. The third kappa shape index (κ3) is 3.50. The van der Waals surface area contributed by atoms with E-state index in [9.17, 15) is 10.1 Å². The Kier molecular flexibility index (Phi) is 5.01. The molecule has 0 saturated carbocycles. The van der Waals surface area contributed by atoms with Gasteiger partial charge in [0.25, 0.3) is 5.69 Å². The van der Waals surface area contributed by atoms with Crippen molar-refractivity contribution in [1.82, 2.24) is 0 Å². The molecular formula is C13H9Br2ClN2O2. The zero-order valence-electron chi connectivity index (χ0n) is 10.1. The Balaban J connectivity index is 2.25. The molecule has 0 heterocycles. The Hall–Kier alpha value is -1.11. The van der Waals surface area contributed by atoms with Crippen molar-refractivity contribution < 1.29 is 4.92 Å². The van der Waals surface area contributed by atoms with Crippen LogP contribution in [-0.2, 0) is 6.54 Å². The molecule has 0 spiro atoms. The Labute approximate surface area is 137 Å². The van der Waals surface area contributed by atoms with Crippen LogP contribution in [0.5, 0.6) is 0 Å². The third-order valence-electron chi connectivity index (χ3n) is 2.68. The van der Waals surface area contributed by atoms with Crippen LogP contribution in [0.25, 0.3) is 0 Å². The topological polar surface area (TPSA) is 55.2 Å². The molecule has 0 radical (unpaired) electrons. The molecule has 4 nitrogen and oxygen atoms in total. The first-order valence-corrected chi connectivity index (χ1v) is 7.56. The van der Waals surface area contributed by atoms with Crippen LogP contribution in [0.1, 0.15) is 5.56 Å². The first-order valence-electron chi connectivity index (χ1n) is 5.59. The largest absolute Gasteiger partial charge is 0.380 e. The second kappa shape index (κ2) is 6.56. The average Bonchev–Trinajstić information content (AvgIpc) is 2.38. The van der Waals surface area contributed by atoms with Crippen molar-refractivity contribution in [2.45, 2.75) is 6.54 Å². The van der Waals surface area contributed by atoms with Gasteiger partial charge in [0.15, 0.2) is 0 Å². The van der Waals surface area contributed by atoms with Gasteiger partial charge in [-0.1, -0.05) is 33.6 Å². The molecule has 104 valence electrons. The first kappa shape index (κ1) is 15.3. The van der Waals surface area contributed by atoms with E-state index in [2.05, 4.69) is 37.2 Å². The van der Waals surface area contributed by atoms with Crippen molar-refractivity contribution >= 4 is 54.8 Å². The molecule has 0 aliphatic rings. The number of halogens is 3. The van der Waals surface area contributed by atoms with Gasteiger partial charge in [0, 0.05) is 27.2 Å². The number of rotatable bonds is 4. The van der Waals surface area contributed by atoms with Gasteiger partial charge in [0.05, 0.1) is 15.5 Å². The Morgan fingerprint density at radius 2 is 2.00 bits per heavy atom. The van der Waals surface area contributed by atoms with E-state index in [4.69, 9.17) is 11.6 Å². The van der Waals surface area contributed by atoms with Crippen LogP contribution in [0.2, 0.25) is 5.02 Å². The number of nitro groups is 1. The van der Waals surface area contributed by atoms with Crippen molar-refractivity contribution in [3.05, 3.63) is 66.0 Å². The lowest BCUT2D eigenvalue weighted by molar-refractivity contribution is -0.385. The van der Waals surface area contributed by atoms with Gasteiger partial charge in [-0.05, 0) is 40.2 Å². The van der Waals surface area contributed by atoms with Gasteiger partial charge in [0.2, 0.25) is 0 Å². The number of hydrogen-bond acceptors (Lipinski definition) is 3. The minimum atomic E-state index is -0.431. The lowest BCUT2D eigenvalue weighted by Crippen LogP contribution is -2.04. The molecule has 2 rings (SSSR count). The number of nitrogens with one attached hydrogen (secondary N) is 1. The highest BCUT2D eigenvalue weighted by Crippen LogP contribution is 2.30. The molecule has 0 amide bonds. The maximum atomic E-state index is 11.0. The van der Waals surface area contributed by atoms with E-state index in [0.717, 1.165) is 14.6 Å². The summed E-state index contributed by atoms with van der Waals surface area (Å²) in [5.41, 5.74) is 1.31. The van der Waals surface area contributed by atoms with Crippen molar-refractivity contribution in [2.24, 2.45) is 0 Å². The fraction of sp³-hybridized carbons (Fsp3) is 0.0769. The van der Waals surface area contributed by atoms with Crippen LogP contribution < -0.4 is 5.32 Å². The van der Waals surface area contributed by atoms with Gasteiger partial charge in [-0.25, -0.2) is 0 Å². The van der Waals surface area contributed by atoms with Gasteiger partial charge in [0.1, 0.15) is 0 Å². The molecule has 0 aromatic heterocycles. The number of anilines is 1. The standard InChI is InChI=1S/C13H9Br2ClN2O2/c14-8-4-5-12(10(15)6-8)17-7-9-11(16)2-1-3-13(9)18(19)20/h1-6,17H,7H2. The van der Waals surface area contributed by atoms with Gasteiger partial charge in [-0.15, -0.1) is 0 Å². The highest BCUT2D eigenvalue weighted by atomic mass is 79.9. The molecular weight excluding hydrogens is 411 g/mol. The van der Waals surface area contributed by atoms with Gasteiger partial charge >= 0.3 is 0 Å². The van der Waals surface area contributed by atoms with Crippen LogP contribution in [0.15, 0.2) is 45.3 Å². The van der Waals surface area contributed by atoms with Gasteiger partial charge in [-0.3, -0.25) is 10.1 Å². The first-order chi connectivity index (χ1) is 9.49. The van der Waals surface area contributed by atoms with Crippen molar-refractivity contribution in [3.8, 4) is 0 Å². The zero-order chi connectivity index (χ0) is 14.7. The van der Waals surface area contributed by atoms with Gasteiger partial charge < -0.3 is 5.32 Å². The monoisotopic (exact) mass is 418 g/mol. The molecule has 0 aliphatic carbocycles. The van der Waals surface area contributed by atoms with Crippen LogP contribution in [0, 0.1) is 10.1 Å². The Morgan fingerprint density at radius 1 is 1.25 bits per heavy atom. The third-order valence-corrected chi connectivity index (χ3v) is 4.18. The second-order valence-electron chi connectivity index (χ2n) is 3.97. The Morgan fingerprint density at radius 3 is 2.65 bits per heavy atom. The number of benzene rings is 2. The highest BCUT2D eigenvalue weighted by molar-refractivity contribution is 9.11. The minimum Gasteiger partial charge on any atom is -0.380 e. The lowest BCUT2D eigenvalue weighted by atomic mass is 10.1. The molecule has 1 N–H and O–H groups in total. The molecule has 2 aromatic rings. The molecule has 0 fully saturated rings. The van der Waals surface area contributed by atoms with E-state index in [0.29, 0.717) is 10.6 Å². The predicted molar refractivity (Wildman–Crippen MR) is 87.3 cm³/mol. The molecule has 0 atom stereocenters. The van der Waals surface area contributed by atoms with Gasteiger partial charge in [-0.2, -0.15) is 0 Å². The highest BCUT2D eigenvalue weighted by Gasteiger charge is 2.16. The van der Waals surface area contributed by atoms with Crippen molar-refractivity contribution in [1.29, 1.82) is 0 Å². The summed E-state index contributed by atoms with van der Waals surface area (Å²) >= 11 is 12.8. The quantitative estimate of drug-likeness (QED) is 0.533. The fourth-order valence-electron chi connectivity index (χ4n) is 1.71. The van der Waals surface area contributed by atoms with Crippen molar-refractivity contribution in [3.63, 3.8) is 0 Å². The van der Waals surface area contributed by atoms with Crippen LogP contribution in [-0.4, -0.2) is 4.92 Å². The molecule has 0 aliphatic heterocycles. The summed E-state index contributed by atoms with van der Waals surface area (Å²) in [6, 6.07) is 10.3. The molecule has 20 heavy (non-hydrogen) atoms. The number of nitro benzene ring substituents is 1. The number of hydrogen-bond donors (Lipinski definition) is 1. The molecule has 7 heteroatoms. The van der Waals surface area contributed by atoms with E-state index >= 15 is 0 Å². The van der Waals surface area contributed by atoms with E-state index in [1.165, 1.54) is 6.07 Å². The van der Waals surface area contributed by atoms with E-state index in [1.54, 1.807) is 12.1 Å². The summed E-state index contributed by atoms with van der Waals surface area (Å²) in [6.07, 6.45) is 0. The SMILES string of the molecule is O=[N+]([O-])c1cccc(Cl)c1CNc1ccc(Br)cc1Br.